The van der Waals surface area contributed by atoms with E-state index in [2.05, 4.69) is 22.0 Å². The number of nitriles is 1. The molecule has 6 nitrogen and oxygen atoms in total. The summed E-state index contributed by atoms with van der Waals surface area (Å²) in [6, 6.07) is 10.6. The van der Waals surface area contributed by atoms with Crippen LogP contribution in [0.15, 0.2) is 46.3 Å². The molecule has 134 valence electrons. The molecule has 3 rings (SSSR count). The molecule has 0 saturated heterocycles. The molecule has 1 aliphatic rings. The maximum absolute atomic E-state index is 9.73. The van der Waals surface area contributed by atoms with Gasteiger partial charge in [0, 0.05) is 11.6 Å². The normalized spacial score (nSPS) is 15.7. The number of fused-ring (bicyclic) bond motifs is 1. The van der Waals surface area contributed by atoms with Gasteiger partial charge >= 0.3 is 0 Å². The van der Waals surface area contributed by atoms with Gasteiger partial charge in [-0.25, -0.2) is 0 Å². The van der Waals surface area contributed by atoms with E-state index in [9.17, 15) is 10.4 Å². The number of halogens is 1. The Labute approximate surface area is 159 Å². The van der Waals surface area contributed by atoms with Crippen LogP contribution in [0.25, 0.3) is 0 Å². The molecule has 2 aromatic rings. The van der Waals surface area contributed by atoms with Crippen LogP contribution in [-0.2, 0) is 0 Å². The third-order valence-corrected chi connectivity index (χ3v) is 4.66. The minimum absolute atomic E-state index is 0.0144. The third-order valence-electron chi connectivity index (χ3n) is 4.07. The van der Waals surface area contributed by atoms with Gasteiger partial charge in [0.2, 0.25) is 5.88 Å². The Balaban J connectivity index is 2.23. The quantitative estimate of drug-likeness (QED) is 0.786. The van der Waals surface area contributed by atoms with E-state index in [0.717, 1.165) is 11.1 Å². The molecule has 0 spiro atoms. The van der Waals surface area contributed by atoms with Gasteiger partial charge in [-0.05, 0) is 46.6 Å². The molecule has 0 aliphatic carbocycles. The van der Waals surface area contributed by atoms with E-state index in [1.54, 1.807) is 19.2 Å². The molecule has 26 heavy (non-hydrogen) atoms. The van der Waals surface area contributed by atoms with Gasteiger partial charge in [0.25, 0.3) is 0 Å². The van der Waals surface area contributed by atoms with Gasteiger partial charge in [0.1, 0.15) is 23.1 Å². The van der Waals surface area contributed by atoms with Crippen molar-refractivity contribution >= 4 is 15.9 Å². The summed E-state index contributed by atoms with van der Waals surface area (Å²) in [6.45, 7) is 2.35. The lowest BCUT2D eigenvalue weighted by atomic mass is 9.83. The fourth-order valence-corrected chi connectivity index (χ4v) is 3.62. The van der Waals surface area contributed by atoms with Crippen LogP contribution >= 0.6 is 15.9 Å². The van der Waals surface area contributed by atoms with E-state index in [4.69, 9.17) is 19.9 Å². The Hall–Kier alpha value is -2.85. The zero-order valence-electron chi connectivity index (χ0n) is 14.2. The predicted molar refractivity (Wildman–Crippen MR) is 99.3 cm³/mol. The lowest BCUT2D eigenvalue weighted by molar-refractivity contribution is 0.309. The van der Waals surface area contributed by atoms with Crippen molar-refractivity contribution in [3.05, 3.63) is 57.4 Å². The van der Waals surface area contributed by atoms with Crippen LogP contribution in [-0.4, -0.2) is 18.8 Å². The zero-order valence-corrected chi connectivity index (χ0v) is 15.8. The molecule has 1 heterocycles. The maximum Gasteiger partial charge on any atom is 0.205 e. The molecule has 7 heteroatoms. The van der Waals surface area contributed by atoms with Crippen LogP contribution in [0.3, 0.4) is 0 Å². The molecule has 3 N–H and O–H groups in total. The van der Waals surface area contributed by atoms with E-state index >= 15 is 0 Å². The summed E-state index contributed by atoms with van der Waals surface area (Å²) in [5.41, 5.74) is 7.77. The van der Waals surface area contributed by atoms with E-state index in [1.807, 2.05) is 19.1 Å². The van der Waals surface area contributed by atoms with Crippen LogP contribution in [0.1, 0.15) is 24.0 Å². The smallest absolute Gasteiger partial charge is 0.205 e. The van der Waals surface area contributed by atoms with Gasteiger partial charge in [0.05, 0.1) is 24.1 Å². The van der Waals surface area contributed by atoms with Crippen molar-refractivity contribution in [1.29, 1.82) is 5.26 Å². The zero-order chi connectivity index (χ0) is 18.8. The van der Waals surface area contributed by atoms with Crippen LogP contribution in [0.2, 0.25) is 0 Å². The van der Waals surface area contributed by atoms with Gasteiger partial charge in [-0.15, -0.1) is 0 Å². The van der Waals surface area contributed by atoms with Gasteiger partial charge in [0.15, 0.2) is 11.5 Å². The van der Waals surface area contributed by atoms with Crippen molar-refractivity contribution in [2.75, 3.05) is 13.7 Å². The summed E-state index contributed by atoms with van der Waals surface area (Å²) in [5.74, 6) is 1.16. The Morgan fingerprint density at radius 2 is 2.12 bits per heavy atom. The fraction of sp³-hybridized carbons (Fsp3) is 0.211. The summed E-state index contributed by atoms with van der Waals surface area (Å²) >= 11 is 3.50. The number of phenols is 1. The first kappa shape index (κ1) is 18.0. The van der Waals surface area contributed by atoms with Crippen molar-refractivity contribution in [2.24, 2.45) is 5.73 Å². The topological polar surface area (TPSA) is 97.7 Å². The first-order valence-corrected chi connectivity index (χ1v) is 8.70. The van der Waals surface area contributed by atoms with E-state index < -0.39 is 5.92 Å². The molecule has 0 saturated carbocycles. The average molecular weight is 417 g/mol. The number of nitrogens with zero attached hydrogens (tertiary/aromatic N) is 1. The molecule has 1 atom stereocenters. The van der Waals surface area contributed by atoms with E-state index in [1.165, 1.54) is 6.07 Å². The van der Waals surface area contributed by atoms with Crippen molar-refractivity contribution in [3.63, 3.8) is 0 Å². The van der Waals surface area contributed by atoms with Crippen molar-refractivity contribution in [2.45, 2.75) is 12.8 Å². The number of benzene rings is 2. The summed E-state index contributed by atoms with van der Waals surface area (Å²) in [5, 5.41) is 19.4. The Kier molecular flexibility index (Phi) is 4.96. The Morgan fingerprint density at radius 3 is 2.77 bits per heavy atom. The van der Waals surface area contributed by atoms with Crippen molar-refractivity contribution in [3.8, 4) is 29.1 Å². The van der Waals surface area contributed by atoms with Crippen LogP contribution in [0, 0.1) is 11.3 Å². The summed E-state index contributed by atoms with van der Waals surface area (Å²) in [7, 11) is 1.56. The fourth-order valence-electron chi connectivity index (χ4n) is 3.00. The van der Waals surface area contributed by atoms with Gasteiger partial charge in [-0.1, -0.05) is 6.07 Å². The lowest BCUT2D eigenvalue weighted by Gasteiger charge is -2.27. The number of phenolic OH excluding ortho intramolecular Hbond substituents is 1. The lowest BCUT2D eigenvalue weighted by Crippen LogP contribution is -2.21. The highest BCUT2D eigenvalue weighted by atomic mass is 79.9. The summed E-state index contributed by atoms with van der Waals surface area (Å²) < 4.78 is 17.3. The SMILES string of the molecule is CCOc1cc(C2C(C#N)=C(N)Oc3cc(O)ccc32)cc(Br)c1OC. The largest absolute Gasteiger partial charge is 0.508 e. The van der Waals surface area contributed by atoms with Crippen molar-refractivity contribution < 1.29 is 19.3 Å². The Morgan fingerprint density at radius 1 is 1.35 bits per heavy atom. The van der Waals surface area contributed by atoms with Gasteiger partial charge in [-0.3, -0.25) is 0 Å². The highest BCUT2D eigenvalue weighted by Crippen LogP contribution is 2.46. The molecular formula is C19H17BrN2O4. The number of nitrogens with two attached hydrogens (primary N) is 1. The van der Waals surface area contributed by atoms with Crippen LogP contribution in [0.4, 0.5) is 0 Å². The minimum atomic E-state index is -0.453. The molecule has 0 fully saturated rings. The first-order chi connectivity index (χ1) is 12.5. The standard InChI is InChI=1S/C19H17BrN2O4/c1-3-25-16-7-10(6-14(20)18(16)24-2)17-12-5-4-11(23)8-15(12)26-19(22)13(17)9-21/h4-8,17,23H,3,22H2,1-2H3. The predicted octanol–water partition coefficient (Wildman–Crippen LogP) is 3.78. The number of hydrogen-bond donors (Lipinski definition) is 2. The van der Waals surface area contributed by atoms with Gasteiger partial charge < -0.3 is 25.1 Å². The van der Waals surface area contributed by atoms with Crippen LogP contribution in [0.5, 0.6) is 23.0 Å². The highest BCUT2D eigenvalue weighted by Gasteiger charge is 2.32. The Bertz CT molecular complexity index is 934. The summed E-state index contributed by atoms with van der Waals surface area (Å²) in [6.07, 6.45) is 0. The third kappa shape index (κ3) is 3.04. The number of ether oxygens (including phenoxy) is 3. The molecular weight excluding hydrogens is 400 g/mol. The average Bonchev–Trinajstić information content (AvgIpc) is 2.60. The molecule has 0 amide bonds. The van der Waals surface area contributed by atoms with E-state index in [0.29, 0.717) is 33.9 Å². The minimum Gasteiger partial charge on any atom is -0.508 e. The molecule has 2 aromatic carbocycles. The molecule has 0 aromatic heterocycles. The molecule has 0 bridgehead atoms. The molecule has 1 aliphatic heterocycles. The number of rotatable bonds is 4. The van der Waals surface area contributed by atoms with E-state index in [-0.39, 0.29) is 11.6 Å². The molecule has 1 unspecified atom stereocenters. The second-order valence-electron chi connectivity index (χ2n) is 5.61. The summed E-state index contributed by atoms with van der Waals surface area (Å²) in [4.78, 5) is 0. The van der Waals surface area contributed by atoms with Crippen LogP contribution < -0.4 is 19.9 Å². The number of hydrogen-bond acceptors (Lipinski definition) is 6. The number of allylic oxidation sites excluding steroid dienone is 1. The molecule has 0 radical (unpaired) electrons. The second kappa shape index (κ2) is 7.18. The number of methoxy groups -OCH3 is 1. The maximum atomic E-state index is 9.73. The first-order valence-electron chi connectivity index (χ1n) is 7.90. The number of aromatic hydroxyl groups is 1. The highest BCUT2D eigenvalue weighted by molar-refractivity contribution is 9.10. The van der Waals surface area contributed by atoms with Crippen molar-refractivity contribution in [1.82, 2.24) is 0 Å². The second-order valence-corrected chi connectivity index (χ2v) is 6.47. The van der Waals surface area contributed by atoms with Gasteiger partial charge in [-0.2, -0.15) is 5.26 Å². The monoisotopic (exact) mass is 416 g/mol.